The van der Waals surface area contributed by atoms with Crippen molar-refractivity contribution >= 4 is 5.71 Å². The molecule has 114 valence electrons. The van der Waals surface area contributed by atoms with Gasteiger partial charge in [0.1, 0.15) is 5.75 Å². The first-order valence-electron chi connectivity index (χ1n) is 8.31. The summed E-state index contributed by atoms with van der Waals surface area (Å²) in [6.45, 7) is 2.29. The van der Waals surface area contributed by atoms with Crippen molar-refractivity contribution in [3.8, 4) is 5.75 Å². The van der Waals surface area contributed by atoms with Gasteiger partial charge in [0.2, 0.25) is 0 Å². The maximum Gasteiger partial charge on any atom is 0.123 e. The standard InChI is InChI=1S/C18H25NO2/c1-2-13-9-11-14(12-10-13)21-18-8-4-5-15-16(18)6-3-7-17(15)19-20/h4-5,8,13-14,20H,2-3,6-7,9-12H2,1H3. The molecular formula is C18H25NO2. The minimum Gasteiger partial charge on any atom is -0.490 e. The van der Waals surface area contributed by atoms with E-state index in [9.17, 15) is 0 Å². The molecule has 1 saturated carbocycles. The maximum absolute atomic E-state index is 9.15. The zero-order valence-corrected chi connectivity index (χ0v) is 12.8. The average Bonchev–Trinajstić information content (AvgIpc) is 2.55. The van der Waals surface area contributed by atoms with Crippen molar-refractivity contribution in [2.24, 2.45) is 11.1 Å². The first kappa shape index (κ1) is 14.4. The first-order chi connectivity index (χ1) is 10.3. The molecule has 0 saturated heterocycles. The second kappa shape index (κ2) is 6.50. The van der Waals surface area contributed by atoms with Gasteiger partial charge in [-0.25, -0.2) is 0 Å². The summed E-state index contributed by atoms with van der Waals surface area (Å²) in [4.78, 5) is 0. The van der Waals surface area contributed by atoms with Crippen LogP contribution < -0.4 is 4.74 Å². The van der Waals surface area contributed by atoms with Crippen LogP contribution in [-0.4, -0.2) is 17.0 Å². The van der Waals surface area contributed by atoms with Crippen molar-refractivity contribution in [1.82, 2.24) is 0 Å². The molecule has 0 atom stereocenters. The van der Waals surface area contributed by atoms with Gasteiger partial charge in [0, 0.05) is 11.1 Å². The van der Waals surface area contributed by atoms with E-state index in [1.54, 1.807) is 0 Å². The Bertz CT molecular complexity index is 516. The van der Waals surface area contributed by atoms with Crippen molar-refractivity contribution in [1.29, 1.82) is 0 Å². The van der Waals surface area contributed by atoms with Crippen LogP contribution in [0.25, 0.3) is 0 Å². The molecule has 3 heteroatoms. The quantitative estimate of drug-likeness (QED) is 0.654. The third-order valence-corrected chi connectivity index (χ3v) is 5.07. The van der Waals surface area contributed by atoms with Crippen molar-refractivity contribution < 1.29 is 9.94 Å². The van der Waals surface area contributed by atoms with E-state index < -0.39 is 0 Å². The molecule has 1 N–H and O–H groups in total. The molecule has 0 aromatic heterocycles. The van der Waals surface area contributed by atoms with Crippen LogP contribution in [0.3, 0.4) is 0 Å². The number of fused-ring (bicyclic) bond motifs is 1. The predicted octanol–water partition coefficient (Wildman–Crippen LogP) is 4.55. The monoisotopic (exact) mass is 287 g/mol. The van der Waals surface area contributed by atoms with E-state index in [4.69, 9.17) is 9.94 Å². The summed E-state index contributed by atoms with van der Waals surface area (Å²) in [6.07, 6.45) is 9.49. The molecule has 3 nitrogen and oxygen atoms in total. The van der Waals surface area contributed by atoms with Crippen LogP contribution in [0.15, 0.2) is 23.4 Å². The van der Waals surface area contributed by atoms with Crippen molar-refractivity contribution in [3.05, 3.63) is 29.3 Å². The Labute approximate surface area is 127 Å². The Morgan fingerprint density at radius 1 is 1.19 bits per heavy atom. The minimum absolute atomic E-state index is 0.357. The zero-order chi connectivity index (χ0) is 14.7. The second-order valence-electron chi connectivity index (χ2n) is 6.35. The van der Waals surface area contributed by atoms with E-state index in [2.05, 4.69) is 18.1 Å². The van der Waals surface area contributed by atoms with Gasteiger partial charge in [0.15, 0.2) is 0 Å². The minimum atomic E-state index is 0.357. The van der Waals surface area contributed by atoms with Crippen LogP contribution in [0, 0.1) is 5.92 Å². The Balaban J connectivity index is 1.75. The van der Waals surface area contributed by atoms with E-state index >= 15 is 0 Å². The highest BCUT2D eigenvalue weighted by molar-refractivity contribution is 6.02. The smallest absolute Gasteiger partial charge is 0.123 e. The van der Waals surface area contributed by atoms with Gasteiger partial charge in [-0.05, 0) is 56.9 Å². The molecule has 21 heavy (non-hydrogen) atoms. The van der Waals surface area contributed by atoms with Gasteiger partial charge >= 0.3 is 0 Å². The number of ether oxygens (including phenoxy) is 1. The summed E-state index contributed by atoms with van der Waals surface area (Å²) in [7, 11) is 0. The molecule has 1 aromatic carbocycles. The predicted molar refractivity (Wildman–Crippen MR) is 84.4 cm³/mol. The molecule has 0 aliphatic heterocycles. The lowest BCUT2D eigenvalue weighted by Gasteiger charge is -2.30. The molecule has 0 bridgehead atoms. The molecule has 0 heterocycles. The summed E-state index contributed by atoms with van der Waals surface area (Å²) in [5, 5.41) is 12.6. The number of hydrogen-bond acceptors (Lipinski definition) is 3. The van der Waals surface area contributed by atoms with Gasteiger partial charge in [-0.15, -0.1) is 0 Å². The molecule has 3 rings (SSSR count). The summed E-state index contributed by atoms with van der Waals surface area (Å²) >= 11 is 0. The van der Waals surface area contributed by atoms with Gasteiger partial charge in [-0.3, -0.25) is 0 Å². The Morgan fingerprint density at radius 3 is 2.71 bits per heavy atom. The van der Waals surface area contributed by atoms with E-state index in [1.807, 2.05) is 12.1 Å². The number of nitrogens with zero attached hydrogens (tertiary/aromatic N) is 1. The molecule has 0 spiro atoms. The number of rotatable bonds is 3. The summed E-state index contributed by atoms with van der Waals surface area (Å²) in [5.41, 5.74) is 3.11. The lowest BCUT2D eigenvalue weighted by Crippen LogP contribution is -2.25. The van der Waals surface area contributed by atoms with Crippen LogP contribution >= 0.6 is 0 Å². The molecule has 1 fully saturated rings. The molecule has 2 aliphatic rings. The molecule has 0 amide bonds. The molecule has 1 aromatic rings. The third-order valence-electron chi connectivity index (χ3n) is 5.07. The Morgan fingerprint density at radius 2 is 2.00 bits per heavy atom. The first-order valence-corrected chi connectivity index (χ1v) is 8.31. The van der Waals surface area contributed by atoms with E-state index in [-0.39, 0.29) is 0 Å². The normalized spacial score (nSPS) is 27.4. The topological polar surface area (TPSA) is 41.8 Å². The van der Waals surface area contributed by atoms with Crippen LogP contribution in [0.1, 0.15) is 63.0 Å². The highest BCUT2D eigenvalue weighted by Gasteiger charge is 2.24. The molecule has 2 aliphatic carbocycles. The summed E-state index contributed by atoms with van der Waals surface area (Å²) in [6, 6.07) is 6.14. The molecular weight excluding hydrogens is 262 g/mol. The van der Waals surface area contributed by atoms with E-state index in [0.29, 0.717) is 6.10 Å². The van der Waals surface area contributed by atoms with Crippen LogP contribution in [0.2, 0.25) is 0 Å². The maximum atomic E-state index is 9.15. The molecule has 0 radical (unpaired) electrons. The van der Waals surface area contributed by atoms with Crippen LogP contribution in [-0.2, 0) is 6.42 Å². The fourth-order valence-corrected chi connectivity index (χ4v) is 3.71. The number of benzene rings is 1. The van der Waals surface area contributed by atoms with Gasteiger partial charge in [-0.2, -0.15) is 0 Å². The van der Waals surface area contributed by atoms with Gasteiger partial charge in [-0.1, -0.05) is 30.6 Å². The third kappa shape index (κ3) is 3.07. The zero-order valence-electron chi connectivity index (χ0n) is 12.8. The van der Waals surface area contributed by atoms with Gasteiger partial charge in [0.05, 0.1) is 11.8 Å². The van der Waals surface area contributed by atoms with Crippen LogP contribution in [0.4, 0.5) is 0 Å². The van der Waals surface area contributed by atoms with E-state index in [1.165, 1.54) is 37.7 Å². The average molecular weight is 287 g/mol. The summed E-state index contributed by atoms with van der Waals surface area (Å²) < 4.78 is 6.30. The lowest BCUT2D eigenvalue weighted by molar-refractivity contribution is 0.128. The van der Waals surface area contributed by atoms with Crippen LogP contribution in [0.5, 0.6) is 5.75 Å². The SMILES string of the molecule is CCC1CCC(Oc2cccc3c2CCCC3=NO)CC1. The highest BCUT2D eigenvalue weighted by atomic mass is 16.5. The Kier molecular flexibility index (Phi) is 4.47. The second-order valence-corrected chi connectivity index (χ2v) is 6.35. The van der Waals surface area contributed by atoms with Crippen molar-refractivity contribution in [2.75, 3.05) is 0 Å². The number of hydrogen-bond donors (Lipinski definition) is 1. The van der Waals surface area contributed by atoms with Crippen molar-refractivity contribution in [3.63, 3.8) is 0 Å². The van der Waals surface area contributed by atoms with Gasteiger partial charge in [0.25, 0.3) is 0 Å². The Hall–Kier alpha value is -1.51. The summed E-state index contributed by atoms with van der Waals surface area (Å²) in [5.74, 6) is 1.90. The van der Waals surface area contributed by atoms with E-state index in [0.717, 1.165) is 42.2 Å². The highest BCUT2D eigenvalue weighted by Crippen LogP contribution is 2.34. The van der Waals surface area contributed by atoms with Crippen molar-refractivity contribution in [2.45, 2.75) is 64.4 Å². The number of oxime groups is 1. The van der Waals surface area contributed by atoms with Gasteiger partial charge < -0.3 is 9.94 Å². The molecule has 0 unspecified atom stereocenters. The largest absolute Gasteiger partial charge is 0.490 e. The fourth-order valence-electron chi connectivity index (χ4n) is 3.71. The fraction of sp³-hybridized carbons (Fsp3) is 0.611. The lowest BCUT2D eigenvalue weighted by atomic mass is 9.85.